The molecular formula is C39H48N4O2S. The molecule has 1 saturated carbocycles. The summed E-state index contributed by atoms with van der Waals surface area (Å²) in [6.07, 6.45) is 6.41. The van der Waals surface area contributed by atoms with Crippen LogP contribution in [0.25, 0.3) is 21.7 Å². The summed E-state index contributed by atoms with van der Waals surface area (Å²) < 4.78 is 15.8. The second kappa shape index (κ2) is 17.1. The van der Waals surface area contributed by atoms with Gasteiger partial charge in [0.2, 0.25) is 0 Å². The zero-order valence-electron chi connectivity index (χ0n) is 28.1. The topological polar surface area (TPSA) is 75.2 Å². The first-order chi connectivity index (χ1) is 22.1. The molecule has 2 unspecified atom stereocenters. The lowest BCUT2D eigenvalue weighted by Gasteiger charge is -2.22. The lowest BCUT2D eigenvalue weighted by atomic mass is 9.84. The highest BCUT2D eigenvalue weighted by Gasteiger charge is 2.19. The van der Waals surface area contributed by atoms with E-state index in [1.165, 1.54) is 32.6 Å². The average molecular weight is 637 g/mol. The van der Waals surface area contributed by atoms with Crippen LogP contribution < -0.4 is 9.62 Å². The Morgan fingerprint density at radius 3 is 2.00 bits per heavy atom. The molecule has 46 heavy (non-hydrogen) atoms. The third kappa shape index (κ3) is 10.0. The van der Waals surface area contributed by atoms with Crippen LogP contribution in [0.15, 0.2) is 102 Å². The molecule has 6 nitrogen and oxygen atoms in total. The number of rotatable bonds is 7. The summed E-state index contributed by atoms with van der Waals surface area (Å²) in [7, 11) is 2.54. The van der Waals surface area contributed by atoms with Crippen LogP contribution in [0.4, 0.5) is 5.82 Å². The van der Waals surface area contributed by atoms with Crippen LogP contribution in [0.2, 0.25) is 0 Å². The van der Waals surface area contributed by atoms with Gasteiger partial charge in [-0.15, -0.1) is 0 Å². The minimum atomic E-state index is -1.45. The van der Waals surface area contributed by atoms with Crippen molar-refractivity contribution < 1.29 is 9.00 Å². The van der Waals surface area contributed by atoms with Crippen molar-refractivity contribution in [2.75, 3.05) is 19.0 Å². The van der Waals surface area contributed by atoms with E-state index in [-0.39, 0.29) is 5.78 Å². The first kappa shape index (κ1) is 34.9. The molecule has 5 aromatic rings. The standard InChI is InChI=1S/C20H19NO2S.C11H13N3.C8H16/c1-15(22)19(14-16-8-3-2-4-9-16)21-24(23)20-13-7-11-17-10-5-6-12-18(17)20;1-8-12-10-7-5-4-6-9(10)11(13-8)14(2)3;1-7-3-5-8(2)6-4-7/h2-13,19,21H,14H2,1H3;4-7H,1-3H3;7-8H,3-6H2,1-2H3. The number of para-hydroxylation sites is 1. The van der Waals surface area contributed by atoms with E-state index in [1.54, 1.807) is 0 Å². The van der Waals surface area contributed by atoms with Crippen LogP contribution in [0.3, 0.4) is 0 Å². The van der Waals surface area contributed by atoms with Gasteiger partial charge >= 0.3 is 0 Å². The summed E-state index contributed by atoms with van der Waals surface area (Å²) in [5.41, 5.74) is 2.05. The van der Waals surface area contributed by atoms with Gasteiger partial charge in [-0.1, -0.05) is 118 Å². The van der Waals surface area contributed by atoms with Gasteiger partial charge in [0.15, 0.2) is 0 Å². The lowest BCUT2D eigenvalue weighted by Crippen LogP contribution is -2.38. The van der Waals surface area contributed by atoms with Gasteiger partial charge in [-0.2, -0.15) is 0 Å². The number of benzene rings is 4. The van der Waals surface area contributed by atoms with Gasteiger partial charge < -0.3 is 4.90 Å². The Labute approximate surface area is 277 Å². The molecule has 1 fully saturated rings. The highest BCUT2D eigenvalue weighted by molar-refractivity contribution is 7.83. The summed E-state index contributed by atoms with van der Waals surface area (Å²) in [6.45, 7) is 8.18. The maximum Gasteiger partial charge on any atom is 0.147 e. The van der Waals surface area contributed by atoms with Gasteiger partial charge in [0.1, 0.15) is 28.4 Å². The van der Waals surface area contributed by atoms with Crippen molar-refractivity contribution in [3.8, 4) is 0 Å². The molecule has 1 heterocycles. The summed E-state index contributed by atoms with van der Waals surface area (Å²) in [4.78, 5) is 23.5. The zero-order valence-corrected chi connectivity index (χ0v) is 28.9. The third-order valence-corrected chi connectivity index (χ3v) is 9.65. The summed E-state index contributed by atoms with van der Waals surface area (Å²) in [5, 5.41) is 3.07. The highest BCUT2D eigenvalue weighted by Crippen LogP contribution is 2.27. The maximum absolute atomic E-state index is 12.8. The molecule has 0 amide bonds. The Morgan fingerprint density at radius 2 is 1.37 bits per heavy atom. The van der Waals surface area contributed by atoms with Crippen molar-refractivity contribution in [2.45, 2.75) is 70.7 Å². The Kier molecular flexibility index (Phi) is 13.0. The second-order valence-electron chi connectivity index (χ2n) is 12.6. The van der Waals surface area contributed by atoms with Gasteiger partial charge in [0.25, 0.3) is 0 Å². The number of nitrogens with zero attached hydrogens (tertiary/aromatic N) is 3. The van der Waals surface area contributed by atoms with E-state index in [2.05, 4.69) is 28.5 Å². The molecule has 0 aliphatic heterocycles. The molecule has 1 aliphatic carbocycles. The molecule has 0 bridgehead atoms. The number of fused-ring (bicyclic) bond motifs is 2. The molecule has 7 heteroatoms. The van der Waals surface area contributed by atoms with E-state index in [0.717, 1.165) is 50.7 Å². The van der Waals surface area contributed by atoms with Crippen LogP contribution >= 0.6 is 0 Å². The van der Waals surface area contributed by atoms with E-state index < -0.39 is 17.0 Å². The number of anilines is 1. The SMILES string of the molecule is CC(=O)C(Cc1ccccc1)NS(=O)c1cccc2ccccc12.CC1CCC(C)CC1.Cc1nc(N(C)C)c2ccccc2n1. The molecule has 1 aliphatic rings. The first-order valence-corrected chi connectivity index (χ1v) is 17.4. The van der Waals surface area contributed by atoms with Crippen LogP contribution in [0, 0.1) is 18.8 Å². The van der Waals surface area contributed by atoms with Crippen molar-refractivity contribution in [1.29, 1.82) is 0 Å². The maximum atomic E-state index is 12.8. The predicted octanol–water partition coefficient (Wildman–Crippen LogP) is 8.49. The summed E-state index contributed by atoms with van der Waals surface area (Å²) >= 11 is 0. The molecule has 0 saturated heterocycles. The Bertz CT molecular complexity index is 1720. The fraction of sp³-hybridized carbons (Fsp3) is 0.359. The molecule has 1 aromatic heterocycles. The second-order valence-corrected chi connectivity index (χ2v) is 13.8. The van der Waals surface area contributed by atoms with Gasteiger partial charge in [-0.3, -0.25) is 4.79 Å². The number of Topliss-reactive ketones (excluding diaryl/α,β-unsaturated/α-hetero) is 1. The molecule has 242 valence electrons. The Hall–Kier alpha value is -3.94. The number of carbonyl (C=O) groups excluding carboxylic acids is 1. The quantitative estimate of drug-likeness (QED) is 0.194. The molecule has 1 N–H and O–H groups in total. The number of hydrogen-bond acceptors (Lipinski definition) is 5. The predicted molar refractivity (Wildman–Crippen MR) is 194 cm³/mol. The minimum Gasteiger partial charge on any atom is -0.362 e. The van der Waals surface area contributed by atoms with Crippen molar-refractivity contribution in [1.82, 2.24) is 14.7 Å². The number of carbonyl (C=O) groups is 1. The average Bonchev–Trinajstić information content (AvgIpc) is 3.06. The smallest absolute Gasteiger partial charge is 0.147 e. The molecule has 0 radical (unpaired) electrons. The first-order valence-electron chi connectivity index (χ1n) is 16.2. The van der Waals surface area contributed by atoms with E-state index in [9.17, 15) is 9.00 Å². The number of nitrogens with one attached hydrogen (secondary N) is 1. The van der Waals surface area contributed by atoms with Crippen LogP contribution in [-0.2, 0) is 22.2 Å². The van der Waals surface area contributed by atoms with Crippen molar-refractivity contribution in [3.63, 3.8) is 0 Å². The molecule has 0 spiro atoms. The number of aromatic nitrogens is 2. The Morgan fingerprint density at radius 1 is 0.804 bits per heavy atom. The lowest BCUT2D eigenvalue weighted by molar-refractivity contribution is -0.118. The van der Waals surface area contributed by atoms with Gasteiger partial charge in [-0.05, 0) is 66.6 Å². The number of aryl methyl sites for hydroxylation is 1. The van der Waals surface area contributed by atoms with Crippen molar-refractivity contribution >= 4 is 44.3 Å². The van der Waals surface area contributed by atoms with E-state index in [4.69, 9.17) is 0 Å². The van der Waals surface area contributed by atoms with Crippen LogP contribution in [0.5, 0.6) is 0 Å². The molecule has 2 atom stereocenters. The van der Waals surface area contributed by atoms with Crippen LogP contribution in [0.1, 0.15) is 57.8 Å². The van der Waals surface area contributed by atoms with E-state index in [1.807, 2.05) is 123 Å². The summed E-state index contributed by atoms with van der Waals surface area (Å²) in [5.74, 6) is 3.81. The van der Waals surface area contributed by atoms with Gasteiger partial charge in [0, 0.05) is 19.5 Å². The Balaban J connectivity index is 0.000000182. The van der Waals surface area contributed by atoms with E-state index in [0.29, 0.717) is 11.3 Å². The van der Waals surface area contributed by atoms with Crippen LogP contribution in [-0.4, -0.2) is 40.1 Å². The monoisotopic (exact) mass is 636 g/mol. The van der Waals surface area contributed by atoms with Crippen molar-refractivity contribution in [2.24, 2.45) is 11.8 Å². The highest BCUT2D eigenvalue weighted by atomic mass is 32.2. The largest absolute Gasteiger partial charge is 0.362 e. The summed E-state index contributed by atoms with van der Waals surface area (Å²) in [6, 6.07) is 30.9. The van der Waals surface area contributed by atoms with Gasteiger partial charge in [0.05, 0.1) is 16.5 Å². The third-order valence-electron chi connectivity index (χ3n) is 8.40. The van der Waals surface area contributed by atoms with Crippen molar-refractivity contribution in [3.05, 3.63) is 108 Å². The molecular weight excluding hydrogens is 589 g/mol. The minimum absolute atomic E-state index is 0.0209. The molecule has 4 aromatic carbocycles. The number of ketones is 1. The zero-order chi connectivity index (χ0) is 33.1. The normalized spacial score (nSPS) is 17.2. The number of hydrogen-bond donors (Lipinski definition) is 1. The molecule has 6 rings (SSSR count). The fourth-order valence-electron chi connectivity index (χ4n) is 5.61. The fourth-order valence-corrected chi connectivity index (χ4v) is 6.83. The van der Waals surface area contributed by atoms with E-state index >= 15 is 0 Å². The van der Waals surface area contributed by atoms with Gasteiger partial charge in [-0.25, -0.2) is 18.9 Å².